The van der Waals surface area contributed by atoms with Gasteiger partial charge in [-0.15, -0.1) is 0 Å². The summed E-state index contributed by atoms with van der Waals surface area (Å²) in [4.78, 5) is 39.6. The Morgan fingerprint density at radius 2 is 1.55 bits per heavy atom. The first kappa shape index (κ1) is 27.4. The number of carbonyl (C=O) groups is 3. The summed E-state index contributed by atoms with van der Waals surface area (Å²) in [6, 6.07) is 16.0. The summed E-state index contributed by atoms with van der Waals surface area (Å²) in [5, 5.41) is 2.27. The van der Waals surface area contributed by atoms with Crippen LogP contribution in [0.3, 0.4) is 0 Å². The first-order valence-electron chi connectivity index (χ1n) is 12.4. The molecular weight excluding hydrogens is 595 g/mol. The molecule has 1 N–H and O–H groups in total. The molecule has 0 radical (unpaired) electrons. The maximum Gasteiger partial charge on any atom is 0.335 e. The maximum absolute atomic E-state index is 13.3. The zero-order valence-electron chi connectivity index (χ0n) is 21.8. The topological polar surface area (TPSA) is 84.9 Å². The molecule has 1 aliphatic heterocycles. The fraction of sp³-hybridized carbons (Fsp3) is 0.233. The van der Waals surface area contributed by atoms with E-state index in [4.69, 9.17) is 9.47 Å². The molecule has 0 aromatic heterocycles. The smallest absolute Gasteiger partial charge is 0.335 e. The van der Waals surface area contributed by atoms with E-state index in [9.17, 15) is 14.4 Å². The number of carbonyl (C=O) groups excluding carboxylic acids is 3. The van der Waals surface area contributed by atoms with Crippen molar-refractivity contribution in [1.29, 1.82) is 0 Å². The van der Waals surface area contributed by atoms with Gasteiger partial charge in [0.05, 0.1) is 18.9 Å². The van der Waals surface area contributed by atoms with Crippen molar-refractivity contribution in [2.45, 2.75) is 34.1 Å². The second-order valence-corrected chi connectivity index (χ2v) is 10.1. The lowest BCUT2D eigenvalue weighted by molar-refractivity contribution is -0.122. The van der Waals surface area contributed by atoms with Crippen LogP contribution in [0.2, 0.25) is 0 Å². The summed E-state index contributed by atoms with van der Waals surface area (Å²) in [5.41, 5.74) is 5.43. The summed E-state index contributed by atoms with van der Waals surface area (Å²) in [5.74, 6) is -0.134. The van der Waals surface area contributed by atoms with Gasteiger partial charge in [-0.05, 0) is 104 Å². The second kappa shape index (κ2) is 11.8. The first-order chi connectivity index (χ1) is 18.2. The largest absolute Gasteiger partial charge is 0.494 e. The van der Waals surface area contributed by atoms with Gasteiger partial charge in [-0.2, -0.15) is 0 Å². The van der Waals surface area contributed by atoms with Crippen LogP contribution in [0.25, 0.3) is 6.08 Å². The molecule has 7 nitrogen and oxygen atoms in total. The number of ether oxygens (including phenoxy) is 2. The Labute approximate surface area is 236 Å². The van der Waals surface area contributed by atoms with Crippen molar-refractivity contribution in [2.24, 2.45) is 0 Å². The Balaban J connectivity index is 1.69. The van der Waals surface area contributed by atoms with Crippen molar-refractivity contribution < 1.29 is 23.9 Å². The zero-order valence-corrected chi connectivity index (χ0v) is 23.9. The quantitative estimate of drug-likeness (QED) is 0.190. The van der Waals surface area contributed by atoms with E-state index in [1.165, 1.54) is 22.8 Å². The minimum absolute atomic E-state index is 0.140. The van der Waals surface area contributed by atoms with Crippen LogP contribution in [0, 0.1) is 17.4 Å². The van der Waals surface area contributed by atoms with Crippen LogP contribution in [0.15, 0.2) is 60.2 Å². The fourth-order valence-corrected chi connectivity index (χ4v) is 5.28. The monoisotopic (exact) mass is 624 g/mol. The van der Waals surface area contributed by atoms with Crippen LogP contribution in [0.1, 0.15) is 41.7 Å². The minimum atomic E-state index is -0.797. The Morgan fingerprint density at radius 3 is 2.18 bits per heavy atom. The van der Waals surface area contributed by atoms with Gasteiger partial charge >= 0.3 is 6.03 Å². The van der Waals surface area contributed by atoms with Gasteiger partial charge in [-0.3, -0.25) is 14.9 Å². The number of hydrogen-bond acceptors (Lipinski definition) is 5. The van der Waals surface area contributed by atoms with Crippen molar-refractivity contribution in [1.82, 2.24) is 5.32 Å². The highest BCUT2D eigenvalue weighted by Gasteiger charge is 2.36. The number of imide groups is 2. The van der Waals surface area contributed by atoms with Crippen LogP contribution in [0.5, 0.6) is 11.5 Å². The first-order valence-corrected chi connectivity index (χ1v) is 13.4. The molecule has 1 fully saturated rings. The fourth-order valence-electron chi connectivity index (χ4n) is 4.46. The van der Waals surface area contributed by atoms with Crippen molar-refractivity contribution in [3.63, 3.8) is 0 Å². The van der Waals surface area contributed by atoms with Gasteiger partial charge in [0, 0.05) is 15.6 Å². The molecule has 0 aliphatic carbocycles. The molecule has 0 spiro atoms. The third kappa shape index (κ3) is 6.07. The minimum Gasteiger partial charge on any atom is -0.494 e. The van der Waals surface area contributed by atoms with Crippen molar-refractivity contribution in [3.8, 4) is 11.5 Å². The van der Waals surface area contributed by atoms with Gasteiger partial charge < -0.3 is 9.47 Å². The normalized spacial score (nSPS) is 14.6. The predicted octanol–water partition coefficient (Wildman–Crippen LogP) is 5.96. The standard InChI is InChI=1S/C30H29IN2O5/c1-5-37-23-9-7-22(8-10-23)33-29(35)25(28(34)32-30(33)36)15-21-16-26(31)24(27(17-21)38-6-2)14-20-12-18(3)11-19(4)13-20/h7-13,15-17H,5-6,14H2,1-4H3,(H,32,34,36)/b25-15+. The van der Waals surface area contributed by atoms with Gasteiger partial charge in [0.25, 0.3) is 11.8 Å². The van der Waals surface area contributed by atoms with E-state index in [-0.39, 0.29) is 5.57 Å². The number of nitrogens with one attached hydrogen (secondary N) is 1. The van der Waals surface area contributed by atoms with Crippen molar-refractivity contribution >= 4 is 52.2 Å². The molecule has 4 amide bonds. The number of barbiturate groups is 1. The van der Waals surface area contributed by atoms with Gasteiger partial charge in [-0.25, -0.2) is 9.69 Å². The van der Waals surface area contributed by atoms with E-state index in [2.05, 4.69) is 60.0 Å². The van der Waals surface area contributed by atoms with Crippen LogP contribution in [-0.4, -0.2) is 31.1 Å². The number of benzene rings is 3. The Bertz CT molecular complexity index is 1410. The van der Waals surface area contributed by atoms with E-state index in [0.717, 1.165) is 14.0 Å². The Hall–Kier alpha value is -3.66. The van der Waals surface area contributed by atoms with Gasteiger partial charge in [0.1, 0.15) is 17.1 Å². The number of aryl methyl sites for hydroxylation is 2. The number of urea groups is 1. The number of nitrogens with zero attached hydrogens (tertiary/aromatic N) is 1. The molecule has 0 atom stereocenters. The molecule has 38 heavy (non-hydrogen) atoms. The van der Waals surface area contributed by atoms with Gasteiger partial charge in [0.15, 0.2) is 0 Å². The molecule has 8 heteroatoms. The molecule has 1 heterocycles. The molecule has 3 aromatic carbocycles. The number of amides is 4. The molecule has 196 valence electrons. The highest BCUT2D eigenvalue weighted by Crippen LogP contribution is 2.31. The lowest BCUT2D eigenvalue weighted by Crippen LogP contribution is -2.54. The number of halogens is 1. The number of anilines is 1. The zero-order chi connectivity index (χ0) is 27.4. The van der Waals surface area contributed by atoms with Crippen LogP contribution < -0.4 is 19.7 Å². The van der Waals surface area contributed by atoms with Crippen molar-refractivity contribution in [2.75, 3.05) is 18.1 Å². The number of rotatable bonds is 8. The van der Waals surface area contributed by atoms with E-state index in [0.29, 0.717) is 42.4 Å². The molecule has 0 bridgehead atoms. The Morgan fingerprint density at radius 1 is 0.895 bits per heavy atom. The summed E-state index contributed by atoms with van der Waals surface area (Å²) >= 11 is 2.26. The van der Waals surface area contributed by atoms with E-state index in [1.807, 2.05) is 26.0 Å². The molecule has 0 saturated carbocycles. The highest BCUT2D eigenvalue weighted by molar-refractivity contribution is 14.1. The molecule has 1 aliphatic rings. The molecule has 1 saturated heterocycles. The van der Waals surface area contributed by atoms with Crippen LogP contribution >= 0.6 is 22.6 Å². The lowest BCUT2D eigenvalue weighted by Gasteiger charge is -2.26. The highest BCUT2D eigenvalue weighted by atomic mass is 127. The predicted molar refractivity (Wildman–Crippen MR) is 156 cm³/mol. The molecule has 0 unspecified atom stereocenters. The Kier molecular flexibility index (Phi) is 8.51. The average Bonchev–Trinajstić information content (AvgIpc) is 2.84. The third-order valence-corrected chi connectivity index (χ3v) is 6.92. The molecule has 3 aromatic rings. The van der Waals surface area contributed by atoms with Crippen LogP contribution in [0.4, 0.5) is 10.5 Å². The summed E-state index contributed by atoms with van der Waals surface area (Å²) in [7, 11) is 0. The SMILES string of the molecule is CCOc1ccc(N2C(=O)NC(=O)/C(=C\c3cc(I)c(Cc4cc(C)cc(C)c4)c(OCC)c3)C2=O)cc1. The summed E-state index contributed by atoms with van der Waals surface area (Å²) in [6.45, 7) is 8.90. The van der Waals surface area contributed by atoms with E-state index in [1.54, 1.807) is 24.3 Å². The summed E-state index contributed by atoms with van der Waals surface area (Å²) in [6.07, 6.45) is 2.18. The summed E-state index contributed by atoms with van der Waals surface area (Å²) < 4.78 is 12.4. The second-order valence-electron chi connectivity index (χ2n) is 8.97. The van der Waals surface area contributed by atoms with E-state index >= 15 is 0 Å². The lowest BCUT2D eigenvalue weighted by atomic mass is 9.98. The van der Waals surface area contributed by atoms with Crippen molar-refractivity contribution in [3.05, 3.63) is 91.6 Å². The molecular formula is C30H29IN2O5. The van der Waals surface area contributed by atoms with Gasteiger partial charge in [0.2, 0.25) is 0 Å². The maximum atomic E-state index is 13.3. The average molecular weight is 624 g/mol. The number of hydrogen-bond donors (Lipinski definition) is 1. The van der Waals surface area contributed by atoms with Crippen LogP contribution in [-0.2, 0) is 16.0 Å². The molecule has 4 rings (SSSR count). The third-order valence-electron chi connectivity index (χ3n) is 5.96. The van der Waals surface area contributed by atoms with Gasteiger partial charge in [-0.1, -0.05) is 29.3 Å². The van der Waals surface area contributed by atoms with E-state index < -0.39 is 17.8 Å².